The fourth-order valence-corrected chi connectivity index (χ4v) is 4.98. The van der Waals surface area contributed by atoms with E-state index in [-0.39, 0.29) is 39.7 Å². The summed E-state index contributed by atoms with van der Waals surface area (Å²) >= 11 is 0. The van der Waals surface area contributed by atoms with Crippen molar-refractivity contribution in [3.05, 3.63) is 106 Å². The molecule has 9 nitrogen and oxygen atoms in total. The lowest BCUT2D eigenvalue weighted by atomic mass is 9.95. The van der Waals surface area contributed by atoms with Crippen LogP contribution in [0.1, 0.15) is 16.7 Å². The number of nitrogens with zero attached hydrogens (tertiary/aromatic N) is 4. The molecule has 6 rings (SSSR count). The molecule has 200 valence electrons. The number of nitriles is 1. The summed E-state index contributed by atoms with van der Waals surface area (Å²) in [6.07, 6.45) is 1.72. The Morgan fingerprint density at radius 1 is 0.927 bits per heavy atom. The van der Waals surface area contributed by atoms with Gasteiger partial charge in [-0.15, -0.1) is 0 Å². The van der Waals surface area contributed by atoms with E-state index in [1.165, 1.54) is 6.07 Å². The van der Waals surface area contributed by atoms with Gasteiger partial charge < -0.3 is 20.4 Å². The molecule has 41 heavy (non-hydrogen) atoms. The summed E-state index contributed by atoms with van der Waals surface area (Å²) in [6.45, 7) is 3.58. The number of para-hydroxylation sites is 2. The number of anilines is 1. The zero-order valence-electron chi connectivity index (χ0n) is 22.1. The average molecular weight is 542 g/mol. The number of hydrogen-bond donors (Lipinski definition) is 3. The van der Waals surface area contributed by atoms with Gasteiger partial charge in [0.1, 0.15) is 45.8 Å². The third-order valence-electron chi connectivity index (χ3n) is 7.04. The second kappa shape index (κ2) is 9.70. The van der Waals surface area contributed by atoms with Gasteiger partial charge in [0.25, 0.3) is 0 Å². The molecule has 3 heterocycles. The molecule has 6 aromatic rings. The number of aromatic nitrogens is 3. The molecule has 3 aromatic heterocycles. The van der Waals surface area contributed by atoms with E-state index in [2.05, 4.69) is 11.1 Å². The van der Waals surface area contributed by atoms with Crippen LogP contribution in [0.4, 0.5) is 5.82 Å². The highest BCUT2D eigenvalue weighted by Gasteiger charge is 2.25. The second-order valence-electron chi connectivity index (χ2n) is 9.63. The fourth-order valence-electron chi connectivity index (χ4n) is 4.98. The van der Waals surface area contributed by atoms with E-state index in [4.69, 9.17) is 15.2 Å². The highest BCUT2D eigenvalue weighted by molar-refractivity contribution is 5.95. The van der Waals surface area contributed by atoms with Crippen LogP contribution in [-0.4, -0.2) is 25.0 Å². The summed E-state index contributed by atoms with van der Waals surface area (Å²) in [6, 6.07) is 23.3. The number of aryl methyl sites for hydroxylation is 2. The molecule has 0 aliphatic rings. The Morgan fingerprint density at radius 2 is 1.63 bits per heavy atom. The first-order valence-corrected chi connectivity index (χ1v) is 12.7. The lowest BCUT2D eigenvalue weighted by Crippen LogP contribution is -2.08. The van der Waals surface area contributed by atoms with E-state index in [0.717, 1.165) is 5.69 Å². The maximum atomic E-state index is 13.2. The van der Waals surface area contributed by atoms with Crippen molar-refractivity contribution in [2.24, 2.45) is 0 Å². The summed E-state index contributed by atoms with van der Waals surface area (Å²) < 4.78 is 7.27. The Balaban J connectivity index is 1.67. The van der Waals surface area contributed by atoms with Crippen LogP contribution in [0.2, 0.25) is 0 Å². The molecule has 0 aliphatic heterocycles. The van der Waals surface area contributed by atoms with E-state index in [1.54, 1.807) is 55.1 Å². The predicted octanol–water partition coefficient (Wildman–Crippen LogP) is 5.86. The lowest BCUT2D eigenvalue weighted by molar-refractivity contribution is 0.470. The third kappa shape index (κ3) is 4.15. The van der Waals surface area contributed by atoms with Gasteiger partial charge in [0.05, 0.1) is 16.8 Å². The van der Waals surface area contributed by atoms with E-state index in [0.29, 0.717) is 38.9 Å². The largest absolute Gasteiger partial charge is 0.507 e. The molecule has 0 saturated heterocycles. The zero-order valence-corrected chi connectivity index (χ0v) is 22.1. The number of hydrogen-bond acceptors (Lipinski definition) is 8. The minimum Gasteiger partial charge on any atom is -0.507 e. The second-order valence-corrected chi connectivity index (χ2v) is 9.63. The van der Waals surface area contributed by atoms with Crippen molar-refractivity contribution >= 4 is 16.8 Å². The Morgan fingerprint density at radius 3 is 2.37 bits per heavy atom. The van der Waals surface area contributed by atoms with E-state index in [9.17, 15) is 20.3 Å². The van der Waals surface area contributed by atoms with Crippen LogP contribution >= 0.6 is 0 Å². The summed E-state index contributed by atoms with van der Waals surface area (Å²) in [4.78, 5) is 17.6. The van der Waals surface area contributed by atoms with Gasteiger partial charge >= 0.3 is 5.63 Å². The number of aromatic hydroxyl groups is 2. The number of benzene rings is 3. The van der Waals surface area contributed by atoms with Crippen molar-refractivity contribution in [2.75, 3.05) is 5.73 Å². The first-order chi connectivity index (χ1) is 19.8. The highest BCUT2D eigenvalue weighted by atomic mass is 16.4. The Labute approximate surface area is 234 Å². The summed E-state index contributed by atoms with van der Waals surface area (Å²) in [5, 5.41) is 37.3. The molecule has 0 saturated carbocycles. The van der Waals surface area contributed by atoms with Crippen molar-refractivity contribution < 1.29 is 14.6 Å². The predicted molar refractivity (Wildman–Crippen MR) is 156 cm³/mol. The molecule has 0 fully saturated rings. The van der Waals surface area contributed by atoms with Crippen molar-refractivity contribution in [1.29, 1.82) is 5.26 Å². The molecule has 0 spiro atoms. The molecule has 0 atom stereocenters. The summed E-state index contributed by atoms with van der Waals surface area (Å²) in [5.41, 5.74) is 9.39. The van der Waals surface area contributed by atoms with Gasteiger partial charge in [-0.25, -0.2) is 14.5 Å². The smallest absolute Gasteiger partial charge is 0.349 e. The Bertz CT molecular complexity index is 2090. The minimum atomic E-state index is -0.799. The molecular weight excluding hydrogens is 518 g/mol. The molecule has 0 unspecified atom stereocenters. The van der Waals surface area contributed by atoms with E-state index < -0.39 is 5.63 Å². The molecule has 4 N–H and O–H groups in total. The number of fused-ring (bicyclic) bond motifs is 1. The molecule has 0 aliphatic carbocycles. The lowest BCUT2D eigenvalue weighted by Gasteiger charge is -2.13. The zero-order chi connectivity index (χ0) is 28.8. The number of nitrogens with two attached hydrogens (primary N) is 1. The molecular formula is C32H23N5O4. The van der Waals surface area contributed by atoms with E-state index in [1.807, 2.05) is 36.4 Å². The van der Waals surface area contributed by atoms with Crippen molar-refractivity contribution in [1.82, 2.24) is 14.8 Å². The maximum Gasteiger partial charge on any atom is 0.349 e. The molecule has 0 radical (unpaired) electrons. The Hall–Kier alpha value is -5.88. The van der Waals surface area contributed by atoms with Crippen LogP contribution in [0.15, 0.2) is 88.2 Å². The van der Waals surface area contributed by atoms with Gasteiger partial charge in [0, 0.05) is 22.9 Å². The van der Waals surface area contributed by atoms with Crippen LogP contribution in [0, 0.1) is 25.2 Å². The van der Waals surface area contributed by atoms with Crippen LogP contribution in [0.5, 0.6) is 11.5 Å². The number of pyridine rings is 1. The highest BCUT2D eigenvalue weighted by Crippen LogP contribution is 2.42. The molecule has 3 aromatic carbocycles. The van der Waals surface area contributed by atoms with Crippen molar-refractivity contribution in [3.63, 3.8) is 0 Å². The van der Waals surface area contributed by atoms with Gasteiger partial charge in [-0.05, 0) is 55.3 Å². The third-order valence-corrected chi connectivity index (χ3v) is 7.04. The fraction of sp³-hybridized carbons (Fsp3) is 0.0625. The summed E-state index contributed by atoms with van der Waals surface area (Å²) in [5.74, 6) is -0.442. The quantitative estimate of drug-likeness (QED) is 0.235. The topological polar surface area (TPSA) is 151 Å². The SMILES string of the molecule is Cc1ccc(C)c2c(O)c(-c3cc(-c4cn(-c5ccccc5)nc4-c4ccccc4O)c(C#N)c(N)n3)c(=O)oc12. The van der Waals surface area contributed by atoms with Gasteiger partial charge in [-0.3, -0.25) is 0 Å². The van der Waals surface area contributed by atoms with Crippen LogP contribution in [0.25, 0.3) is 50.3 Å². The van der Waals surface area contributed by atoms with Crippen LogP contribution in [0.3, 0.4) is 0 Å². The van der Waals surface area contributed by atoms with Crippen LogP contribution in [-0.2, 0) is 0 Å². The van der Waals surface area contributed by atoms with Crippen LogP contribution < -0.4 is 11.4 Å². The first-order valence-electron chi connectivity index (χ1n) is 12.7. The number of nitrogen functional groups attached to an aromatic ring is 1. The number of phenolic OH excluding ortho intramolecular Hbond substituents is 1. The van der Waals surface area contributed by atoms with Gasteiger partial charge in [-0.2, -0.15) is 10.4 Å². The molecule has 9 heteroatoms. The molecule has 0 amide bonds. The maximum absolute atomic E-state index is 13.2. The normalized spacial score (nSPS) is 11.0. The number of rotatable bonds is 4. The standard InChI is InChI=1S/C32H23N5O4/c1-17-12-13-18(2)30-26(17)29(39)27(32(40)41-30)24-14-21(22(15-33)31(34)35-24)23-16-37(19-8-4-3-5-9-19)36-28(23)20-10-6-7-11-25(20)38/h3-14,16,38-39H,1-2H3,(H2,34,35). The number of phenols is 1. The average Bonchev–Trinajstić information content (AvgIpc) is 3.40. The minimum absolute atomic E-state index is 0.00789. The first kappa shape index (κ1) is 25.4. The van der Waals surface area contributed by atoms with Crippen molar-refractivity contribution in [2.45, 2.75) is 13.8 Å². The monoisotopic (exact) mass is 541 g/mol. The van der Waals surface area contributed by atoms with E-state index >= 15 is 0 Å². The van der Waals surface area contributed by atoms with Crippen molar-refractivity contribution in [3.8, 4) is 56.9 Å². The molecule has 0 bridgehead atoms. The van der Waals surface area contributed by atoms with Gasteiger partial charge in [-0.1, -0.05) is 42.5 Å². The Kier molecular flexibility index (Phi) is 6.01. The van der Waals surface area contributed by atoms with Gasteiger partial charge in [0.2, 0.25) is 0 Å². The summed E-state index contributed by atoms with van der Waals surface area (Å²) in [7, 11) is 0. The van der Waals surface area contributed by atoms with Gasteiger partial charge in [0.15, 0.2) is 0 Å².